The number of rotatable bonds is 6. The largest absolute Gasteiger partial charge is 0.463 e. The number of ether oxygens (including phenoxy) is 2. The number of morpholine rings is 1. The van der Waals surface area contributed by atoms with Gasteiger partial charge in [0.05, 0.1) is 31.4 Å². The molecule has 0 aliphatic carbocycles. The molecule has 2 heterocycles. The van der Waals surface area contributed by atoms with Gasteiger partial charge in [-0.2, -0.15) is 0 Å². The molecule has 0 bridgehead atoms. The molecule has 0 aromatic heterocycles. The zero-order valence-electron chi connectivity index (χ0n) is 15.9. The number of hydrogen-bond donors (Lipinski definition) is 1. The summed E-state index contributed by atoms with van der Waals surface area (Å²) in [6.07, 6.45) is 0. The molecule has 1 aromatic carbocycles. The van der Waals surface area contributed by atoms with Gasteiger partial charge in [-0.3, -0.25) is 9.80 Å². The lowest BCUT2D eigenvalue weighted by molar-refractivity contribution is -0.139. The molecule has 7 heteroatoms. The normalized spacial score (nSPS) is 21.2. The smallest absolute Gasteiger partial charge is 0.338 e. The van der Waals surface area contributed by atoms with Crippen LogP contribution in [0.25, 0.3) is 0 Å². The van der Waals surface area contributed by atoms with Crippen LogP contribution in [0.4, 0.5) is 4.79 Å². The monoisotopic (exact) mass is 373 g/mol. The summed E-state index contributed by atoms with van der Waals surface area (Å²) in [6, 6.07) is 8.83. The van der Waals surface area contributed by atoms with E-state index in [1.807, 2.05) is 37.3 Å². The third-order valence-electron chi connectivity index (χ3n) is 4.86. The van der Waals surface area contributed by atoms with Crippen LogP contribution >= 0.6 is 0 Å². The van der Waals surface area contributed by atoms with Crippen LogP contribution in [-0.2, 0) is 14.3 Å². The first-order valence-corrected chi connectivity index (χ1v) is 9.48. The Hall–Kier alpha value is -2.38. The number of nitrogens with zero attached hydrogens (tertiary/aromatic N) is 2. The molecule has 2 aliphatic rings. The Morgan fingerprint density at radius 3 is 2.56 bits per heavy atom. The fourth-order valence-corrected chi connectivity index (χ4v) is 3.52. The van der Waals surface area contributed by atoms with Gasteiger partial charge < -0.3 is 14.8 Å². The third kappa shape index (κ3) is 4.31. The van der Waals surface area contributed by atoms with Crippen molar-refractivity contribution in [2.75, 3.05) is 46.0 Å². The number of likely N-dealkylation sites (N-methyl/N-ethyl adjacent to an activating group) is 1. The zero-order valence-corrected chi connectivity index (χ0v) is 15.9. The molecular formula is C20H27N3O4. The SMILES string of the molecule is CCOC(=O)C1=C(CN2CCOCC2)N(CC)C(=O)NC1c1ccccc1. The van der Waals surface area contributed by atoms with Crippen molar-refractivity contribution in [2.45, 2.75) is 19.9 Å². The van der Waals surface area contributed by atoms with E-state index in [0.717, 1.165) is 24.4 Å². The summed E-state index contributed by atoms with van der Waals surface area (Å²) in [4.78, 5) is 29.5. The number of carbonyl (C=O) groups is 2. The third-order valence-corrected chi connectivity index (χ3v) is 4.86. The number of hydrogen-bond acceptors (Lipinski definition) is 5. The van der Waals surface area contributed by atoms with E-state index in [1.165, 1.54) is 0 Å². The molecule has 146 valence electrons. The highest BCUT2D eigenvalue weighted by Crippen LogP contribution is 2.32. The molecule has 1 N–H and O–H groups in total. The molecule has 0 radical (unpaired) electrons. The minimum Gasteiger partial charge on any atom is -0.463 e. The summed E-state index contributed by atoms with van der Waals surface area (Å²) in [5, 5.41) is 2.98. The molecule has 2 aliphatic heterocycles. The van der Waals surface area contributed by atoms with Crippen LogP contribution in [0.3, 0.4) is 0 Å². The second-order valence-electron chi connectivity index (χ2n) is 6.51. The number of benzene rings is 1. The summed E-state index contributed by atoms with van der Waals surface area (Å²) in [5.74, 6) is -0.381. The highest BCUT2D eigenvalue weighted by atomic mass is 16.5. The van der Waals surface area contributed by atoms with Gasteiger partial charge in [-0.05, 0) is 19.4 Å². The molecule has 1 aromatic rings. The fraction of sp³-hybridized carbons (Fsp3) is 0.500. The molecule has 2 amide bonds. The van der Waals surface area contributed by atoms with Gasteiger partial charge in [-0.25, -0.2) is 9.59 Å². The summed E-state index contributed by atoms with van der Waals surface area (Å²) < 4.78 is 10.8. The van der Waals surface area contributed by atoms with Crippen molar-refractivity contribution >= 4 is 12.0 Å². The highest BCUT2D eigenvalue weighted by molar-refractivity contribution is 5.95. The Morgan fingerprint density at radius 1 is 1.22 bits per heavy atom. The molecule has 0 saturated carbocycles. The summed E-state index contributed by atoms with van der Waals surface area (Å²) in [6.45, 7) is 7.84. The predicted octanol–water partition coefficient (Wildman–Crippen LogP) is 1.92. The molecule has 1 unspecified atom stereocenters. The lowest BCUT2D eigenvalue weighted by Crippen LogP contribution is -2.51. The van der Waals surface area contributed by atoms with E-state index >= 15 is 0 Å². The fourth-order valence-electron chi connectivity index (χ4n) is 3.52. The highest BCUT2D eigenvalue weighted by Gasteiger charge is 2.38. The van der Waals surface area contributed by atoms with Gasteiger partial charge >= 0.3 is 12.0 Å². The van der Waals surface area contributed by atoms with Gasteiger partial charge in [0.1, 0.15) is 0 Å². The van der Waals surface area contributed by atoms with Crippen LogP contribution in [0, 0.1) is 0 Å². The van der Waals surface area contributed by atoms with Gasteiger partial charge in [0.15, 0.2) is 0 Å². The quantitative estimate of drug-likeness (QED) is 0.772. The molecule has 1 saturated heterocycles. The number of esters is 1. The molecular weight excluding hydrogens is 346 g/mol. The Kier molecular flexibility index (Phi) is 6.47. The van der Waals surface area contributed by atoms with Crippen molar-refractivity contribution < 1.29 is 19.1 Å². The Morgan fingerprint density at radius 2 is 1.93 bits per heavy atom. The van der Waals surface area contributed by atoms with E-state index < -0.39 is 6.04 Å². The molecule has 3 rings (SSSR count). The molecule has 0 spiro atoms. The first-order chi connectivity index (χ1) is 13.2. The lowest BCUT2D eigenvalue weighted by atomic mass is 9.94. The van der Waals surface area contributed by atoms with E-state index in [4.69, 9.17) is 9.47 Å². The first-order valence-electron chi connectivity index (χ1n) is 9.48. The van der Waals surface area contributed by atoms with Crippen LogP contribution in [0.2, 0.25) is 0 Å². The Bertz CT molecular complexity index is 698. The lowest BCUT2D eigenvalue weighted by Gasteiger charge is -2.38. The molecule has 27 heavy (non-hydrogen) atoms. The second-order valence-corrected chi connectivity index (χ2v) is 6.51. The van der Waals surface area contributed by atoms with E-state index in [2.05, 4.69) is 10.2 Å². The van der Waals surface area contributed by atoms with Crippen molar-refractivity contribution in [1.82, 2.24) is 15.1 Å². The maximum Gasteiger partial charge on any atom is 0.338 e. The summed E-state index contributed by atoms with van der Waals surface area (Å²) in [5.41, 5.74) is 2.09. The van der Waals surface area contributed by atoms with Gasteiger partial charge in [0.25, 0.3) is 0 Å². The van der Waals surface area contributed by atoms with Gasteiger partial charge in [0.2, 0.25) is 0 Å². The Labute approximate surface area is 159 Å². The van der Waals surface area contributed by atoms with Crippen LogP contribution in [0.15, 0.2) is 41.6 Å². The van der Waals surface area contributed by atoms with E-state index in [-0.39, 0.29) is 18.6 Å². The summed E-state index contributed by atoms with van der Waals surface area (Å²) in [7, 11) is 0. The average Bonchev–Trinajstić information content (AvgIpc) is 2.69. The minimum absolute atomic E-state index is 0.192. The van der Waals surface area contributed by atoms with Crippen molar-refractivity contribution in [2.24, 2.45) is 0 Å². The molecule has 1 atom stereocenters. The van der Waals surface area contributed by atoms with Crippen molar-refractivity contribution in [3.05, 3.63) is 47.2 Å². The predicted molar refractivity (Wildman–Crippen MR) is 101 cm³/mol. The van der Waals surface area contributed by atoms with Crippen molar-refractivity contribution in [3.63, 3.8) is 0 Å². The number of urea groups is 1. The first kappa shape index (κ1) is 19.4. The van der Waals surface area contributed by atoms with Crippen LogP contribution < -0.4 is 5.32 Å². The van der Waals surface area contributed by atoms with Crippen molar-refractivity contribution in [3.8, 4) is 0 Å². The van der Waals surface area contributed by atoms with Crippen molar-refractivity contribution in [1.29, 1.82) is 0 Å². The molecule has 1 fully saturated rings. The number of nitrogens with one attached hydrogen (secondary N) is 1. The van der Waals surface area contributed by atoms with E-state index in [9.17, 15) is 9.59 Å². The van der Waals surface area contributed by atoms with Gasteiger partial charge in [-0.15, -0.1) is 0 Å². The topological polar surface area (TPSA) is 71.1 Å². The minimum atomic E-state index is -0.517. The zero-order chi connectivity index (χ0) is 19.2. The summed E-state index contributed by atoms with van der Waals surface area (Å²) >= 11 is 0. The van der Waals surface area contributed by atoms with Crippen LogP contribution in [0.1, 0.15) is 25.5 Å². The maximum atomic E-state index is 12.9. The van der Waals surface area contributed by atoms with Crippen LogP contribution in [-0.4, -0.2) is 67.8 Å². The van der Waals surface area contributed by atoms with Gasteiger partial charge in [-0.1, -0.05) is 30.3 Å². The number of carbonyl (C=O) groups excluding carboxylic acids is 2. The van der Waals surface area contributed by atoms with E-state index in [1.54, 1.807) is 11.8 Å². The number of amides is 2. The standard InChI is InChI=1S/C20H27N3O4/c1-3-23-16(14-22-10-12-26-13-11-22)17(19(24)27-4-2)18(21-20(23)25)15-8-6-5-7-9-15/h5-9,18H,3-4,10-14H2,1-2H3,(H,21,25). The second kappa shape index (κ2) is 9.01. The average molecular weight is 373 g/mol. The van der Waals surface area contributed by atoms with Gasteiger partial charge in [0, 0.05) is 31.9 Å². The Balaban J connectivity index is 2.05. The maximum absolute atomic E-state index is 12.9. The van der Waals surface area contributed by atoms with Crippen LogP contribution in [0.5, 0.6) is 0 Å². The molecule has 7 nitrogen and oxygen atoms in total. The van der Waals surface area contributed by atoms with E-state index in [0.29, 0.717) is 31.9 Å².